The zero-order valence-electron chi connectivity index (χ0n) is 19.4. The minimum Gasteiger partial charge on any atom is 0 e. The Morgan fingerprint density at radius 1 is 0.581 bits per heavy atom. The first-order chi connectivity index (χ1) is 14.8. The van der Waals surface area contributed by atoms with Crippen molar-refractivity contribution in [3.8, 4) is 0 Å². The van der Waals surface area contributed by atoms with Gasteiger partial charge in [0, 0.05) is 25.0 Å². The predicted molar refractivity (Wildman–Crippen MR) is 117 cm³/mol. The quantitative estimate of drug-likeness (QED) is 0.134. The third-order valence-electron chi connectivity index (χ3n) is 4.95. The summed E-state index contributed by atoms with van der Waals surface area (Å²) < 4.78 is 30.0. The molecule has 0 saturated heterocycles. The number of rotatable bonds is 15. The van der Waals surface area contributed by atoms with Gasteiger partial charge in [0.2, 0.25) is 0 Å². The molecule has 0 saturated carbocycles. The Balaban J connectivity index is -0.000000224. The zero-order valence-corrected chi connectivity index (χ0v) is 20.8. The van der Waals surface area contributed by atoms with Gasteiger partial charge in [-0.3, -0.25) is 0 Å². The number of allylic oxidation sites excluding steroid dienone is 4. The Morgan fingerprint density at radius 2 is 0.903 bits per heavy atom. The van der Waals surface area contributed by atoms with E-state index in [2.05, 4.69) is 59.0 Å². The van der Waals surface area contributed by atoms with Crippen molar-refractivity contribution in [3.05, 3.63) is 56.3 Å². The summed E-state index contributed by atoms with van der Waals surface area (Å²) in [5.41, 5.74) is 3.05. The van der Waals surface area contributed by atoms with E-state index in [1.54, 1.807) is 5.57 Å². The van der Waals surface area contributed by atoms with Gasteiger partial charge in [-0.1, -0.05) is 108 Å². The van der Waals surface area contributed by atoms with Crippen LogP contribution in [0.15, 0.2) is 23.3 Å². The standard InChI is InChI=1S/C22H39.4CO.V/c1-3-4-5-6-7-8-9-10-11-12-13-14-15-16-19-22-20-17-18-21(22)2;4*1-2;/h17-18,20H,3-16,19H2,1-2H3;;;;;. The number of unbranched alkanes of at least 4 members (excludes halogenated alkanes) is 13. The van der Waals surface area contributed by atoms with E-state index in [0.717, 1.165) is 0 Å². The Labute approximate surface area is 203 Å². The first kappa shape index (κ1) is 40.4. The van der Waals surface area contributed by atoms with Crippen molar-refractivity contribution in [1.29, 1.82) is 0 Å². The van der Waals surface area contributed by atoms with E-state index >= 15 is 0 Å². The summed E-state index contributed by atoms with van der Waals surface area (Å²) in [7, 11) is 0. The maximum atomic E-state index is 7.50. The summed E-state index contributed by atoms with van der Waals surface area (Å²) in [6.45, 7) is 22.5. The normalized spacial score (nSPS) is 10.4. The van der Waals surface area contributed by atoms with Crippen molar-refractivity contribution in [1.82, 2.24) is 0 Å². The summed E-state index contributed by atoms with van der Waals surface area (Å²) >= 11 is 0. The fraction of sp³-hybridized carbons (Fsp3) is 0.654. The molecule has 31 heavy (non-hydrogen) atoms. The Hall–Kier alpha value is -0.976. The van der Waals surface area contributed by atoms with Crippen LogP contribution in [-0.2, 0) is 37.2 Å². The maximum Gasteiger partial charge on any atom is 0 e. The van der Waals surface area contributed by atoms with Crippen molar-refractivity contribution in [2.75, 3.05) is 0 Å². The molecule has 0 fully saturated rings. The number of hydrogen-bond donors (Lipinski definition) is 0. The van der Waals surface area contributed by atoms with E-state index in [-0.39, 0.29) is 18.6 Å². The monoisotopic (exact) mass is 466 g/mol. The molecule has 2 radical (unpaired) electrons. The molecule has 172 valence electrons. The van der Waals surface area contributed by atoms with Gasteiger partial charge in [-0.25, -0.2) is 0 Å². The summed E-state index contributed by atoms with van der Waals surface area (Å²) in [4.78, 5) is 0. The molecule has 0 amide bonds. The van der Waals surface area contributed by atoms with Crippen molar-refractivity contribution < 1.29 is 37.2 Å². The minimum atomic E-state index is 0. The second kappa shape index (κ2) is 43.0. The van der Waals surface area contributed by atoms with Gasteiger partial charge in [0.25, 0.3) is 0 Å². The number of hydrogen-bond acceptors (Lipinski definition) is 0. The van der Waals surface area contributed by atoms with Crippen LogP contribution >= 0.6 is 0 Å². The summed E-state index contributed by atoms with van der Waals surface area (Å²) in [6.07, 6.45) is 28.3. The van der Waals surface area contributed by atoms with E-state index in [1.165, 1.54) is 102 Å². The zero-order chi connectivity index (χ0) is 23.9. The van der Waals surface area contributed by atoms with Crippen LogP contribution in [0.25, 0.3) is 0 Å². The van der Waals surface area contributed by atoms with E-state index in [1.807, 2.05) is 0 Å². The topological polar surface area (TPSA) is 79.6 Å². The molecule has 0 aromatic heterocycles. The van der Waals surface area contributed by atoms with E-state index in [0.29, 0.717) is 0 Å². The van der Waals surface area contributed by atoms with Gasteiger partial charge in [-0.05, 0) is 25.3 Å². The molecule has 1 aliphatic rings. The van der Waals surface area contributed by atoms with Gasteiger partial charge in [-0.2, -0.15) is 0 Å². The molecule has 0 spiro atoms. The fourth-order valence-corrected chi connectivity index (χ4v) is 3.34. The van der Waals surface area contributed by atoms with Gasteiger partial charge in [0.15, 0.2) is 0 Å². The molecular weight excluding hydrogens is 427 g/mol. The van der Waals surface area contributed by atoms with Crippen LogP contribution in [-0.4, -0.2) is 0 Å². The molecule has 0 heterocycles. The average Bonchev–Trinajstić information content (AvgIpc) is 3.24. The minimum absolute atomic E-state index is 0. The molecule has 5 heteroatoms. The van der Waals surface area contributed by atoms with Crippen LogP contribution in [0.3, 0.4) is 0 Å². The molecule has 0 aromatic carbocycles. The first-order valence-electron chi connectivity index (χ1n) is 10.9. The molecule has 4 nitrogen and oxygen atoms in total. The molecular formula is C26H39O4V. The smallest absolute Gasteiger partial charge is 0 e. The van der Waals surface area contributed by atoms with Crippen molar-refractivity contribution in [2.45, 2.75) is 110 Å². The maximum absolute atomic E-state index is 7.50. The van der Waals surface area contributed by atoms with Gasteiger partial charge in [-0.15, -0.1) is 0 Å². The third kappa shape index (κ3) is 33.8. The predicted octanol–water partition coefficient (Wildman–Crippen LogP) is 7.80. The first-order valence-corrected chi connectivity index (χ1v) is 10.9. The molecule has 1 rings (SSSR count). The Bertz CT molecular complexity index is 449. The molecule has 0 N–H and O–H groups in total. The van der Waals surface area contributed by atoms with Crippen molar-refractivity contribution in [2.24, 2.45) is 0 Å². The molecule has 0 aromatic rings. The Kier molecular flexibility index (Phi) is 56.0. The SMILES string of the molecule is CCCCCCCCCCCCCCCCC1=C(C)[CH]C=C1.[C-]#[O+].[C-]#[O+].[C-]#[O+].[C-]#[O+].[V]. The van der Waals surface area contributed by atoms with Crippen molar-refractivity contribution >= 4 is 0 Å². The summed E-state index contributed by atoms with van der Waals surface area (Å²) in [5, 5.41) is 0. The largest absolute Gasteiger partial charge is 0 e. The van der Waals surface area contributed by atoms with Gasteiger partial charge in [0.1, 0.15) is 0 Å². The molecule has 0 atom stereocenters. The Morgan fingerprint density at radius 3 is 1.19 bits per heavy atom. The van der Waals surface area contributed by atoms with Crippen LogP contribution in [0.4, 0.5) is 0 Å². The van der Waals surface area contributed by atoms with Crippen LogP contribution in [0.1, 0.15) is 110 Å². The average molecular weight is 467 g/mol. The molecule has 0 unspecified atom stereocenters. The van der Waals surface area contributed by atoms with Crippen LogP contribution in [0, 0.1) is 33.0 Å². The van der Waals surface area contributed by atoms with Crippen LogP contribution in [0.2, 0.25) is 0 Å². The third-order valence-corrected chi connectivity index (χ3v) is 4.95. The molecule has 0 bridgehead atoms. The summed E-state index contributed by atoms with van der Waals surface area (Å²) in [5.74, 6) is 0. The second-order valence-electron chi connectivity index (χ2n) is 7.08. The second-order valence-corrected chi connectivity index (χ2v) is 7.08. The van der Waals surface area contributed by atoms with Crippen LogP contribution < -0.4 is 0 Å². The van der Waals surface area contributed by atoms with Gasteiger partial charge < -0.3 is 0 Å². The van der Waals surface area contributed by atoms with E-state index < -0.39 is 0 Å². The van der Waals surface area contributed by atoms with Gasteiger partial charge in [0.05, 0.1) is 0 Å². The van der Waals surface area contributed by atoms with Crippen molar-refractivity contribution in [3.63, 3.8) is 0 Å². The van der Waals surface area contributed by atoms with E-state index in [4.69, 9.17) is 18.6 Å². The summed E-state index contributed by atoms with van der Waals surface area (Å²) in [6, 6.07) is 0. The molecule has 1 aliphatic carbocycles. The van der Waals surface area contributed by atoms with Gasteiger partial charge >= 0.3 is 45.2 Å². The van der Waals surface area contributed by atoms with E-state index in [9.17, 15) is 0 Å². The molecule has 0 aliphatic heterocycles. The fourth-order valence-electron chi connectivity index (χ4n) is 3.34. The van der Waals surface area contributed by atoms with Crippen LogP contribution in [0.5, 0.6) is 0 Å².